The van der Waals surface area contributed by atoms with Crippen LogP contribution in [0.3, 0.4) is 0 Å². The number of nitrogens with one attached hydrogen (secondary N) is 1. The van der Waals surface area contributed by atoms with Gasteiger partial charge < -0.3 is 19.6 Å². The van der Waals surface area contributed by atoms with Crippen molar-refractivity contribution in [1.29, 1.82) is 0 Å². The minimum absolute atomic E-state index is 0.0764. The number of pyridine rings is 1. The lowest BCUT2D eigenvalue weighted by molar-refractivity contribution is -0.148. The predicted molar refractivity (Wildman–Crippen MR) is 135 cm³/mol. The van der Waals surface area contributed by atoms with Crippen molar-refractivity contribution < 1.29 is 19.4 Å². The van der Waals surface area contributed by atoms with Crippen molar-refractivity contribution in [2.75, 3.05) is 6.61 Å². The Morgan fingerprint density at radius 3 is 2.34 bits per heavy atom. The number of imidazole rings is 1. The zero-order chi connectivity index (χ0) is 25.0. The van der Waals surface area contributed by atoms with Crippen molar-refractivity contribution in [2.24, 2.45) is 5.41 Å². The molecule has 4 aromatic rings. The summed E-state index contributed by atoms with van der Waals surface area (Å²) in [5.41, 5.74) is 3.50. The average molecular weight is 472 g/mol. The second-order valence-corrected chi connectivity index (χ2v) is 9.24. The highest BCUT2D eigenvalue weighted by atomic mass is 16.5. The first-order chi connectivity index (χ1) is 16.7. The summed E-state index contributed by atoms with van der Waals surface area (Å²) < 4.78 is 11.6. The number of benzene rings is 2. The monoisotopic (exact) mass is 471 g/mol. The minimum atomic E-state index is -0.953. The zero-order valence-corrected chi connectivity index (χ0v) is 20.3. The number of H-pyrrole nitrogens is 1. The Kier molecular flexibility index (Phi) is 6.87. The second-order valence-electron chi connectivity index (χ2n) is 9.24. The van der Waals surface area contributed by atoms with E-state index in [0.29, 0.717) is 5.75 Å². The van der Waals surface area contributed by atoms with Gasteiger partial charge >= 0.3 is 5.97 Å². The van der Waals surface area contributed by atoms with Gasteiger partial charge in [-0.2, -0.15) is 0 Å². The van der Waals surface area contributed by atoms with Crippen LogP contribution in [0.15, 0.2) is 73.1 Å². The molecule has 7 nitrogen and oxygen atoms in total. The number of hydrogen-bond acceptors (Lipinski definition) is 5. The van der Waals surface area contributed by atoms with E-state index in [9.17, 15) is 9.90 Å². The fourth-order valence-electron chi connectivity index (χ4n) is 3.40. The molecule has 0 fully saturated rings. The number of aromatic amines is 1. The number of hydrogen-bond donors (Lipinski definition) is 2. The molecule has 35 heavy (non-hydrogen) atoms. The number of rotatable bonds is 9. The number of aliphatic carboxylic acids is 1. The molecule has 0 aliphatic heterocycles. The van der Waals surface area contributed by atoms with Gasteiger partial charge in [0.1, 0.15) is 23.9 Å². The van der Waals surface area contributed by atoms with Crippen molar-refractivity contribution in [2.45, 2.75) is 33.8 Å². The first kappa shape index (κ1) is 24.0. The highest BCUT2D eigenvalue weighted by molar-refractivity contribution is 5.74. The smallest absolute Gasteiger partial charge is 0.312 e. The van der Waals surface area contributed by atoms with E-state index in [4.69, 9.17) is 9.47 Å². The van der Waals surface area contributed by atoms with E-state index >= 15 is 0 Å². The molecule has 4 rings (SSSR count). The van der Waals surface area contributed by atoms with Crippen molar-refractivity contribution in [3.8, 4) is 45.4 Å². The van der Waals surface area contributed by atoms with Gasteiger partial charge in [0.15, 0.2) is 0 Å². The predicted octanol–water partition coefficient (Wildman–Crippen LogP) is 6.08. The van der Waals surface area contributed by atoms with E-state index in [1.54, 1.807) is 26.2 Å². The van der Waals surface area contributed by atoms with Crippen LogP contribution in [0.1, 0.15) is 27.7 Å². The van der Waals surface area contributed by atoms with Crippen LogP contribution in [0.5, 0.6) is 11.5 Å². The quantitative estimate of drug-likeness (QED) is 0.307. The number of carboxylic acid groups (broad SMARTS) is 1. The lowest BCUT2D eigenvalue weighted by Gasteiger charge is -2.19. The van der Waals surface area contributed by atoms with E-state index in [2.05, 4.69) is 15.0 Å². The summed E-state index contributed by atoms with van der Waals surface area (Å²) in [4.78, 5) is 23.7. The zero-order valence-electron chi connectivity index (χ0n) is 20.3. The largest absolute Gasteiger partial charge is 0.492 e. The van der Waals surface area contributed by atoms with Gasteiger partial charge in [-0.25, -0.2) is 4.98 Å². The van der Waals surface area contributed by atoms with E-state index < -0.39 is 11.4 Å². The molecule has 180 valence electrons. The van der Waals surface area contributed by atoms with Crippen LogP contribution < -0.4 is 9.47 Å². The van der Waals surface area contributed by atoms with Gasteiger partial charge in [-0.3, -0.25) is 9.78 Å². The van der Waals surface area contributed by atoms with Crippen LogP contribution in [-0.4, -0.2) is 38.7 Å². The van der Waals surface area contributed by atoms with Gasteiger partial charge in [-0.15, -0.1) is 0 Å². The number of para-hydroxylation sites is 1. The van der Waals surface area contributed by atoms with Crippen molar-refractivity contribution in [3.63, 3.8) is 0 Å². The Hall–Kier alpha value is -4.13. The fourth-order valence-corrected chi connectivity index (χ4v) is 3.40. The van der Waals surface area contributed by atoms with Crippen LogP contribution in [-0.2, 0) is 4.79 Å². The first-order valence-electron chi connectivity index (χ1n) is 11.5. The van der Waals surface area contributed by atoms with Crippen molar-refractivity contribution in [3.05, 3.63) is 73.1 Å². The molecule has 0 saturated carbocycles. The summed E-state index contributed by atoms with van der Waals surface area (Å²) in [6.45, 7) is 7.37. The molecule has 0 unspecified atom stereocenters. The number of nitrogens with zero attached hydrogens (tertiary/aromatic N) is 2. The Balaban J connectivity index is 1.47. The average Bonchev–Trinajstić information content (AvgIpc) is 3.33. The number of aromatic nitrogens is 3. The third-order valence-corrected chi connectivity index (χ3v) is 5.48. The number of carbonyl (C=O) groups is 1. The number of carboxylic acids is 1. The van der Waals surface area contributed by atoms with Crippen LogP contribution in [0.4, 0.5) is 0 Å². The molecule has 2 heterocycles. The molecule has 0 aliphatic rings. The summed E-state index contributed by atoms with van der Waals surface area (Å²) in [5, 5.41) is 9.22. The molecular formula is C28H29N3O4. The van der Waals surface area contributed by atoms with Gasteiger partial charge in [0.05, 0.1) is 29.1 Å². The van der Waals surface area contributed by atoms with Crippen molar-refractivity contribution in [1.82, 2.24) is 15.0 Å². The summed E-state index contributed by atoms with van der Waals surface area (Å²) in [6, 6.07) is 19.2. The third-order valence-electron chi connectivity index (χ3n) is 5.48. The normalized spacial score (nSPS) is 11.5. The van der Waals surface area contributed by atoms with E-state index in [-0.39, 0.29) is 12.7 Å². The minimum Gasteiger partial charge on any atom is -0.492 e. The van der Waals surface area contributed by atoms with Crippen molar-refractivity contribution >= 4 is 5.97 Å². The molecule has 7 heteroatoms. The Bertz CT molecular complexity index is 1290. The summed E-state index contributed by atoms with van der Waals surface area (Å²) in [5.74, 6) is 1.26. The molecule has 0 saturated heterocycles. The number of ether oxygens (including phenoxy) is 2. The van der Waals surface area contributed by atoms with Crippen LogP contribution in [0.2, 0.25) is 0 Å². The summed E-state index contributed by atoms with van der Waals surface area (Å²) in [7, 11) is 0. The van der Waals surface area contributed by atoms with Gasteiger partial charge in [0.25, 0.3) is 0 Å². The second kappa shape index (κ2) is 10.0. The fraction of sp³-hybridized carbons (Fsp3) is 0.250. The molecule has 2 aromatic carbocycles. The Morgan fingerprint density at radius 2 is 1.69 bits per heavy atom. The molecule has 0 aliphatic carbocycles. The summed E-state index contributed by atoms with van der Waals surface area (Å²) >= 11 is 0. The molecule has 0 atom stereocenters. The Labute approximate surface area is 204 Å². The molecule has 0 amide bonds. The SMILES string of the molecule is CC(C)Oc1ccccc1-c1cnc(-c2ccc(-c3ccc(OCC(C)(C)C(=O)O)cc3)nc2)[nH]1. The molecule has 0 radical (unpaired) electrons. The highest BCUT2D eigenvalue weighted by Crippen LogP contribution is 2.31. The van der Waals surface area contributed by atoms with Crippen LogP contribution in [0.25, 0.3) is 33.9 Å². The highest BCUT2D eigenvalue weighted by Gasteiger charge is 2.28. The maximum absolute atomic E-state index is 11.2. The first-order valence-corrected chi connectivity index (χ1v) is 11.5. The lowest BCUT2D eigenvalue weighted by Crippen LogP contribution is -2.30. The lowest BCUT2D eigenvalue weighted by atomic mass is 9.95. The molecular weight excluding hydrogens is 442 g/mol. The maximum atomic E-state index is 11.2. The molecule has 2 N–H and O–H groups in total. The summed E-state index contributed by atoms with van der Waals surface area (Å²) in [6.07, 6.45) is 3.66. The molecule has 0 spiro atoms. The third kappa shape index (κ3) is 5.69. The maximum Gasteiger partial charge on any atom is 0.312 e. The Morgan fingerprint density at radius 1 is 0.971 bits per heavy atom. The standard InChI is InChI=1S/C28H29N3O4/c1-18(2)35-25-8-6-5-7-22(25)24-16-30-26(31-24)20-11-14-23(29-15-20)19-9-12-21(13-10-19)34-17-28(3,4)27(32)33/h5-16,18H,17H2,1-4H3,(H,30,31)(H,32,33). The van der Waals surface area contributed by atoms with E-state index in [1.165, 1.54) is 0 Å². The van der Waals surface area contributed by atoms with E-state index in [0.717, 1.165) is 39.7 Å². The molecule has 0 bridgehead atoms. The van der Waals surface area contributed by atoms with Gasteiger partial charge in [-0.05, 0) is 76.2 Å². The topological polar surface area (TPSA) is 97.3 Å². The van der Waals surface area contributed by atoms with Gasteiger partial charge in [-0.1, -0.05) is 12.1 Å². The van der Waals surface area contributed by atoms with E-state index in [1.807, 2.05) is 74.5 Å². The van der Waals surface area contributed by atoms with Crippen LogP contribution >= 0.6 is 0 Å². The van der Waals surface area contributed by atoms with Crippen LogP contribution in [0, 0.1) is 5.41 Å². The van der Waals surface area contributed by atoms with Gasteiger partial charge in [0, 0.05) is 22.9 Å². The molecule has 2 aromatic heterocycles. The van der Waals surface area contributed by atoms with Gasteiger partial charge in [0.2, 0.25) is 0 Å².